The lowest BCUT2D eigenvalue weighted by Gasteiger charge is -2.24. The van der Waals surface area contributed by atoms with E-state index < -0.39 is 0 Å². The van der Waals surface area contributed by atoms with Gasteiger partial charge in [-0.15, -0.1) is 0 Å². The average molecular weight is 283 g/mol. The minimum atomic E-state index is 0.0424. The van der Waals surface area contributed by atoms with Crippen molar-refractivity contribution in [1.82, 2.24) is 0 Å². The number of nitrogens with two attached hydrogens (primary N) is 1. The molecule has 0 aliphatic heterocycles. The zero-order chi connectivity index (χ0) is 15.6. The van der Waals surface area contributed by atoms with Crippen molar-refractivity contribution < 1.29 is 4.74 Å². The molecule has 2 rings (SSSR count). The minimum Gasteiger partial charge on any atom is -0.457 e. The van der Waals surface area contributed by atoms with E-state index in [1.165, 1.54) is 11.1 Å². The minimum absolute atomic E-state index is 0.0424. The van der Waals surface area contributed by atoms with Crippen molar-refractivity contribution in [2.75, 3.05) is 0 Å². The number of rotatable bonds is 3. The Morgan fingerprint density at radius 3 is 2.29 bits per heavy atom. The predicted molar refractivity (Wildman–Crippen MR) is 89.0 cm³/mol. The van der Waals surface area contributed by atoms with Gasteiger partial charge >= 0.3 is 0 Å². The predicted octanol–water partition coefficient (Wildman–Crippen LogP) is 4.85. The third-order valence-corrected chi connectivity index (χ3v) is 3.65. The quantitative estimate of drug-likeness (QED) is 0.873. The molecule has 0 radical (unpaired) electrons. The van der Waals surface area contributed by atoms with Crippen molar-refractivity contribution >= 4 is 0 Å². The van der Waals surface area contributed by atoms with Crippen molar-refractivity contribution in [2.24, 2.45) is 5.73 Å². The van der Waals surface area contributed by atoms with E-state index in [0.29, 0.717) is 6.54 Å². The van der Waals surface area contributed by atoms with Crippen LogP contribution in [0.4, 0.5) is 0 Å². The molecule has 2 aromatic rings. The summed E-state index contributed by atoms with van der Waals surface area (Å²) in [7, 11) is 0. The summed E-state index contributed by atoms with van der Waals surface area (Å²) in [6, 6.07) is 12.5. The SMILES string of the molecule is Cc1ccc(Oc2cc(CN)ccc2C)c(C(C)(C)C)c1. The molecule has 0 bridgehead atoms. The smallest absolute Gasteiger partial charge is 0.131 e. The van der Waals surface area contributed by atoms with E-state index in [4.69, 9.17) is 10.5 Å². The first-order chi connectivity index (χ1) is 9.81. The number of benzene rings is 2. The first-order valence-electron chi connectivity index (χ1n) is 7.40. The molecule has 0 atom stereocenters. The molecule has 0 aliphatic carbocycles. The van der Waals surface area contributed by atoms with Crippen LogP contribution in [0.5, 0.6) is 11.5 Å². The van der Waals surface area contributed by atoms with E-state index >= 15 is 0 Å². The second-order valence-electron chi connectivity index (χ2n) is 6.66. The van der Waals surface area contributed by atoms with Crippen LogP contribution in [-0.2, 0) is 12.0 Å². The average Bonchev–Trinajstić information content (AvgIpc) is 2.42. The molecule has 2 aromatic carbocycles. The van der Waals surface area contributed by atoms with Crippen LogP contribution in [0, 0.1) is 13.8 Å². The zero-order valence-corrected chi connectivity index (χ0v) is 13.7. The van der Waals surface area contributed by atoms with Crippen molar-refractivity contribution in [3.63, 3.8) is 0 Å². The number of hydrogen-bond donors (Lipinski definition) is 1. The van der Waals surface area contributed by atoms with Gasteiger partial charge in [-0.05, 0) is 42.5 Å². The van der Waals surface area contributed by atoms with Gasteiger partial charge in [0.25, 0.3) is 0 Å². The summed E-state index contributed by atoms with van der Waals surface area (Å²) < 4.78 is 6.21. The third-order valence-electron chi connectivity index (χ3n) is 3.65. The second kappa shape index (κ2) is 5.90. The molecule has 2 heteroatoms. The maximum atomic E-state index is 6.21. The zero-order valence-electron chi connectivity index (χ0n) is 13.7. The van der Waals surface area contributed by atoms with Crippen LogP contribution in [0.3, 0.4) is 0 Å². The van der Waals surface area contributed by atoms with Crippen LogP contribution < -0.4 is 10.5 Å². The fourth-order valence-electron chi connectivity index (χ4n) is 2.32. The van der Waals surface area contributed by atoms with Gasteiger partial charge in [0.15, 0.2) is 0 Å². The Morgan fingerprint density at radius 1 is 0.952 bits per heavy atom. The third kappa shape index (κ3) is 3.64. The van der Waals surface area contributed by atoms with Crippen molar-refractivity contribution in [2.45, 2.75) is 46.6 Å². The Labute approximate surface area is 127 Å². The molecule has 0 saturated carbocycles. The molecule has 2 N–H and O–H groups in total. The van der Waals surface area contributed by atoms with Crippen molar-refractivity contribution in [3.8, 4) is 11.5 Å². The first-order valence-corrected chi connectivity index (χ1v) is 7.40. The van der Waals surface area contributed by atoms with Gasteiger partial charge in [0.1, 0.15) is 11.5 Å². The molecule has 2 nitrogen and oxygen atoms in total. The lowest BCUT2D eigenvalue weighted by atomic mass is 9.85. The lowest BCUT2D eigenvalue weighted by molar-refractivity contribution is 0.451. The fraction of sp³-hybridized carbons (Fsp3) is 0.368. The van der Waals surface area contributed by atoms with Crippen molar-refractivity contribution in [1.29, 1.82) is 0 Å². The summed E-state index contributed by atoms with van der Waals surface area (Å²) in [5, 5.41) is 0. The molecule has 112 valence electrons. The largest absolute Gasteiger partial charge is 0.457 e. The molecule has 0 amide bonds. The van der Waals surface area contributed by atoms with Gasteiger partial charge in [0.05, 0.1) is 0 Å². The van der Waals surface area contributed by atoms with Gasteiger partial charge in [0.2, 0.25) is 0 Å². The van der Waals surface area contributed by atoms with Crippen LogP contribution in [0.25, 0.3) is 0 Å². The summed E-state index contributed by atoms with van der Waals surface area (Å²) >= 11 is 0. The Morgan fingerprint density at radius 2 is 1.67 bits per heavy atom. The topological polar surface area (TPSA) is 35.2 Å². The molecule has 21 heavy (non-hydrogen) atoms. The van der Waals surface area contributed by atoms with Crippen LogP contribution in [-0.4, -0.2) is 0 Å². The standard InChI is InChI=1S/C19H25NO/c1-13-6-9-17(16(10-13)19(3,4)5)21-18-11-15(12-20)8-7-14(18)2/h6-11H,12,20H2,1-5H3. The van der Waals surface area contributed by atoms with E-state index in [1.54, 1.807) is 0 Å². The van der Waals surface area contributed by atoms with Gasteiger partial charge in [0, 0.05) is 12.1 Å². The molecule has 0 heterocycles. The normalized spacial score (nSPS) is 11.5. The van der Waals surface area contributed by atoms with E-state index in [-0.39, 0.29) is 5.41 Å². The molecule has 0 spiro atoms. The monoisotopic (exact) mass is 283 g/mol. The van der Waals surface area contributed by atoms with E-state index in [2.05, 4.69) is 58.9 Å². The fourth-order valence-corrected chi connectivity index (χ4v) is 2.32. The summed E-state index contributed by atoms with van der Waals surface area (Å²) in [5.41, 5.74) is 10.4. The second-order valence-corrected chi connectivity index (χ2v) is 6.66. The van der Waals surface area contributed by atoms with E-state index in [1.807, 2.05) is 12.1 Å². The van der Waals surface area contributed by atoms with E-state index in [0.717, 1.165) is 22.6 Å². The molecule has 0 aliphatic rings. The summed E-state index contributed by atoms with van der Waals surface area (Å²) in [4.78, 5) is 0. The highest BCUT2D eigenvalue weighted by Crippen LogP contribution is 2.36. The number of ether oxygens (including phenoxy) is 1. The molecule has 0 fully saturated rings. The van der Waals surface area contributed by atoms with Crippen LogP contribution >= 0.6 is 0 Å². The van der Waals surface area contributed by atoms with Gasteiger partial charge in [-0.1, -0.05) is 50.6 Å². The van der Waals surface area contributed by atoms with Gasteiger partial charge in [-0.25, -0.2) is 0 Å². The molecular formula is C19H25NO. The Bertz CT molecular complexity index is 638. The molecule has 0 unspecified atom stereocenters. The lowest BCUT2D eigenvalue weighted by Crippen LogP contribution is -2.13. The molecule has 0 aromatic heterocycles. The Kier molecular flexibility index (Phi) is 4.38. The first kappa shape index (κ1) is 15.6. The highest BCUT2D eigenvalue weighted by molar-refractivity contribution is 5.46. The van der Waals surface area contributed by atoms with Gasteiger partial charge < -0.3 is 10.5 Å². The van der Waals surface area contributed by atoms with Gasteiger partial charge in [-0.2, -0.15) is 0 Å². The maximum absolute atomic E-state index is 6.21. The summed E-state index contributed by atoms with van der Waals surface area (Å²) in [6.07, 6.45) is 0. The maximum Gasteiger partial charge on any atom is 0.131 e. The molecule has 0 saturated heterocycles. The van der Waals surface area contributed by atoms with Crippen LogP contribution in [0.15, 0.2) is 36.4 Å². The van der Waals surface area contributed by atoms with Gasteiger partial charge in [-0.3, -0.25) is 0 Å². The summed E-state index contributed by atoms with van der Waals surface area (Å²) in [6.45, 7) is 11.3. The Hall–Kier alpha value is -1.80. The van der Waals surface area contributed by atoms with Crippen LogP contribution in [0.2, 0.25) is 0 Å². The summed E-state index contributed by atoms with van der Waals surface area (Å²) in [5.74, 6) is 1.80. The Balaban J connectivity index is 2.45. The number of hydrogen-bond acceptors (Lipinski definition) is 2. The highest BCUT2D eigenvalue weighted by atomic mass is 16.5. The number of aryl methyl sites for hydroxylation is 2. The van der Waals surface area contributed by atoms with Crippen LogP contribution in [0.1, 0.15) is 43.0 Å². The van der Waals surface area contributed by atoms with E-state index in [9.17, 15) is 0 Å². The van der Waals surface area contributed by atoms with Crippen molar-refractivity contribution in [3.05, 3.63) is 58.7 Å². The molecular weight excluding hydrogens is 258 g/mol. The highest BCUT2D eigenvalue weighted by Gasteiger charge is 2.20.